The normalized spacial score (nSPS) is 22.7. The van der Waals surface area contributed by atoms with Crippen molar-refractivity contribution in [2.45, 2.75) is 39.5 Å². The second-order valence-electron chi connectivity index (χ2n) is 6.18. The van der Waals surface area contributed by atoms with Crippen molar-refractivity contribution in [2.24, 2.45) is 5.92 Å². The number of nitrogens with zero attached hydrogens (tertiary/aromatic N) is 5. The molecule has 1 aromatic heterocycles. The smallest absolute Gasteiger partial charge is 0.231 e. The van der Waals surface area contributed by atoms with Crippen molar-refractivity contribution in [1.29, 1.82) is 0 Å². The number of hydrogen-bond donors (Lipinski definition) is 1. The molecule has 0 amide bonds. The van der Waals surface area contributed by atoms with Gasteiger partial charge in [0.1, 0.15) is 0 Å². The summed E-state index contributed by atoms with van der Waals surface area (Å²) in [6, 6.07) is 0. The van der Waals surface area contributed by atoms with Crippen LogP contribution in [0.3, 0.4) is 0 Å². The predicted molar refractivity (Wildman–Crippen MR) is 86.0 cm³/mol. The van der Waals surface area contributed by atoms with E-state index in [-0.39, 0.29) is 0 Å². The third-order valence-electron chi connectivity index (χ3n) is 4.29. The summed E-state index contributed by atoms with van der Waals surface area (Å²) in [6.07, 6.45) is 5.01. The molecule has 116 valence electrons. The van der Waals surface area contributed by atoms with Gasteiger partial charge in [0.15, 0.2) is 0 Å². The molecule has 6 nitrogen and oxygen atoms in total. The van der Waals surface area contributed by atoms with Crippen molar-refractivity contribution in [3.05, 3.63) is 0 Å². The Morgan fingerprint density at radius 2 is 1.71 bits per heavy atom. The van der Waals surface area contributed by atoms with E-state index in [1.807, 2.05) is 0 Å². The predicted octanol–water partition coefficient (Wildman–Crippen LogP) is 2.14. The van der Waals surface area contributed by atoms with E-state index in [9.17, 15) is 0 Å². The standard InChI is InChI=1S/C15H26N6/c1-3-16-13-17-14(20-8-5-4-6-9-20)19-15(18-13)21-10-7-12(2)11-21/h12H,3-11H2,1-2H3,(H,16,17,18,19). The third-order valence-corrected chi connectivity index (χ3v) is 4.29. The van der Waals surface area contributed by atoms with Crippen LogP contribution in [0.15, 0.2) is 0 Å². The van der Waals surface area contributed by atoms with E-state index in [1.54, 1.807) is 0 Å². The van der Waals surface area contributed by atoms with Crippen LogP contribution < -0.4 is 15.1 Å². The van der Waals surface area contributed by atoms with Crippen LogP contribution in [0.2, 0.25) is 0 Å². The number of hydrogen-bond acceptors (Lipinski definition) is 6. The second-order valence-corrected chi connectivity index (χ2v) is 6.18. The zero-order valence-corrected chi connectivity index (χ0v) is 13.2. The van der Waals surface area contributed by atoms with E-state index >= 15 is 0 Å². The first kappa shape index (κ1) is 14.4. The van der Waals surface area contributed by atoms with Gasteiger partial charge in [-0.25, -0.2) is 0 Å². The summed E-state index contributed by atoms with van der Waals surface area (Å²) in [5, 5.41) is 3.25. The maximum absolute atomic E-state index is 4.75. The molecule has 1 aromatic rings. The average molecular weight is 290 g/mol. The molecule has 0 radical (unpaired) electrons. The van der Waals surface area contributed by atoms with Gasteiger partial charge in [0, 0.05) is 32.7 Å². The Morgan fingerprint density at radius 3 is 2.33 bits per heavy atom. The molecular weight excluding hydrogens is 264 g/mol. The van der Waals surface area contributed by atoms with Crippen molar-refractivity contribution in [1.82, 2.24) is 15.0 Å². The minimum absolute atomic E-state index is 0.711. The summed E-state index contributed by atoms with van der Waals surface area (Å²) < 4.78 is 0. The van der Waals surface area contributed by atoms with Crippen LogP contribution in [0.5, 0.6) is 0 Å². The minimum Gasteiger partial charge on any atom is -0.354 e. The van der Waals surface area contributed by atoms with Crippen LogP contribution in [0.25, 0.3) is 0 Å². The summed E-state index contributed by atoms with van der Waals surface area (Å²) >= 11 is 0. The lowest BCUT2D eigenvalue weighted by atomic mass is 10.1. The molecule has 1 N–H and O–H groups in total. The molecule has 21 heavy (non-hydrogen) atoms. The quantitative estimate of drug-likeness (QED) is 0.917. The van der Waals surface area contributed by atoms with Gasteiger partial charge in [-0.1, -0.05) is 6.92 Å². The Labute approximate surface area is 127 Å². The summed E-state index contributed by atoms with van der Waals surface area (Å²) in [5.41, 5.74) is 0. The first-order chi connectivity index (χ1) is 10.3. The Balaban J connectivity index is 1.86. The van der Waals surface area contributed by atoms with Crippen LogP contribution in [-0.2, 0) is 0 Å². The maximum Gasteiger partial charge on any atom is 0.231 e. The van der Waals surface area contributed by atoms with Gasteiger partial charge < -0.3 is 15.1 Å². The molecule has 0 aromatic carbocycles. The molecular formula is C15H26N6. The van der Waals surface area contributed by atoms with Gasteiger partial charge in [0.25, 0.3) is 0 Å². The van der Waals surface area contributed by atoms with Gasteiger partial charge in [-0.2, -0.15) is 15.0 Å². The SMILES string of the molecule is CCNc1nc(N2CCCCC2)nc(N2CCC(C)C2)n1. The molecule has 2 saturated heterocycles. The molecule has 2 aliphatic heterocycles. The fourth-order valence-corrected chi connectivity index (χ4v) is 3.08. The number of rotatable bonds is 4. The van der Waals surface area contributed by atoms with Crippen LogP contribution in [0, 0.1) is 5.92 Å². The molecule has 2 fully saturated rings. The average Bonchev–Trinajstić information content (AvgIpc) is 2.95. The summed E-state index contributed by atoms with van der Waals surface area (Å²) in [5.74, 6) is 3.12. The highest BCUT2D eigenvalue weighted by Gasteiger charge is 2.23. The molecule has 0 bridgehead atoms. The zero-order valence-electron chi connectivity index (χ0n) is 13.2. The highest BCUT2D eigenvalue weighted by atomic mass is 15.4. The highest BCUT2D eigenvalue weighted by molar-refractivity contribution is 5.46. The highest BCUT2D eigenvalue weighted by Crippen LogP contribution is 2.24. The summed E-state index contributed by atoms with van der Waals surface area (Å²) in [6.45, 7) is 9.42. The van der Waals surface area contributed by atoms with Crippen molar-refractivity contribution >= 4 is 17.8 Å². The zero-order chi connectivity index (χ0) is 14.7. The topological polar surface area (TPSA) is 57.2 Å². The van der Waals surface area contributed by atoms with Gasteiger partial charge in [-0.15, -0.1) is 0 Å². The first-order valence-corrected chi connectivity index (χ1v) is 8.26. The van der Waals surface area contributed by atoms with E-state index in [2.05, 4.69) is 38.9 Å². The van der Waals surface area contributed by atoms with E-state index < -0.39 is 0 Å². The molecule has 3 rings (SSSR count). The largest absolute Gasteiger partial charge is 0.354 e. The number of nitrogens with one attached hydrogen (secondary N) is 1. The second kappa shape index (κ2) is 6.45. The van der Waals surface area contributed by atoms with Crippen LogP contribution in [0.1, 0.15) is 39.5 Å². The Kier molecular flexibility index (Phi) is 4.41. The minimum atomic E-state index is 0.711. The van der Waals surface area contributed by atoms with Crippen molar-refractivity contribution in [2.75, 3.05) is 47.8 Å². The number of aromatic nitrogens is 3. The third kappa shape index (κ3) is 3.36. The lowest BCUT2D eigenvalue weighted by molar-refractivity contribution is 0.567. The molecule has 2 aliphatic rings. The fraction of sp³-hybridized carbons (Fsp3) is 0.800. The fourth-order valence-electron chi connectivity index (χ4n) is 3.08. The Hall–Kier alpha value is -1.59. The van der Waals surface area contributed by atoms with Gasteiger partial charge in [0.2, 0.25) is 17.8 Å². The molecule has 6 heteroatoms. The van der Waals surface area contributed by atoms with Crippen LogP contribution >= 0.6 is 0 Å². The van der Waals surface area contributed by atoms with E-state index in [0.29, 0.717) is 5.95 Å². The molecule has 0 aliphatic carbocycles. The van der Waals surface area contributed by atoms with Gasteiger partial charge >= 0.3 is 0 Å². The van der Waals surface area contributed by atoms with Gasteiger partial charge in [-0.3, -0.25) is 0 Å². The first-order valence-electron chi connectivity index (χ1n) is 8.26. The number of piperidine rings is 1. The van der Waals surface area contributed by atoms with E-state index in [4.69, 9.17) is 4.98 Å². The monoisotopic (exact) mass is 290 g/mol. The maximum atomic E-state index is 4.75. The Bertz CT molecular complexity index is 448. The van der Waals surface area contributed by atoms with Gasteiger partial charge in [0.05, 0.1) is 0 Å². The molecule has 1 atom stereocenters. The van der Waals surface area contributed by atoms with Crippen molar-refractivity contribution in [3.63, 3.8) is 0 Å². The van der Waals surface area contributed by atoms with E-state index in [1.165, 1.54) is 25.7 Å². The lowest BCUT2D eigenvalue weighted by Gasteiger charge is -2.27. The van der Waals surface area contributed by atoms with Crippen molar-refractivity contribution in [3.8, 4) is 0 Å². The lowest BCUT2D eigenvalue weighted by Crippen LogP contribution is -2.32. The van der Waals surface area contributed by atoms with Crippen molar-refractivity contribution < 1.29 is 0 Å². The van der Waals surface area contributed by atoms with E-state index in [0.717, 1.165) is 50.5 Å². The molecule has 0 spiro atoms. The number of anilines is 3. The molecule has 0 saturated carbocycles. The summed E-state index contributed by atoms with van der Waals surface area (Å²) in [7, 11) is 0. The Morgan fingerprint density at radius 1 is 1.00 bits per heavy atom. The molecule has 3 heterocycles. The van der Waals surface area contributed by atoms with Gasteiger partial charge in [-0.05, 0) is 38.5 Å². The molecule has 1 unspecified atom stereocenters. The van der Waals surface area contributed by atoms with Crippen LogP contribution in [-0.4, -0.2) is 47.7 Å². The van der Waals surface area contributed by atoms with Crippen LogP contribution in [0.4, 0.5) is 17.8 Å². The summed E-state index contributed by atoms with van der Waals surface area (Å²) in [4.78, 5) is 18.5.